The van der Waals surface area contributed by atoms with Gasteiger partial charge in [0.2, 0.25) is 0 Å². The maximum atomic E-state index is 12.6. The fourth-order valence-electron chi connectivity index (χ4n) is 3.05. The number of hydrogen-bond acceptors (Lipinski definition) is 5. The van der Waals surface area contributed by atoms with E-state index in [-0.39, 0.29) is 17.4 Å². The van der Waals surface area contributed by atoms with Crippen molar-refractivity contribution in [2.24, 2.45) is 11.0 Å². The molecule has 0 saturated carbocycles. The van der Waals surface area contributed by atoms with Crippen LogP contribution in [0.5, 0.6) is 0 Å². The molecule has 0 bridgehead atoms. The number of benzene rings is 2. The molecule has 1 aromatic heterocycles. The van der Waals surface area contributed by atoms with E-state index in [0.29, 0.717) is 22.6 Å². The van der Waals surface area contributed by atoms with Crippen molar-refractivity contribution in [2.45, 2.75) is 26.8 Å². The standard InChI is InChI=1S/C25H25N3O5/c1-15(2)22(27-23(29)18-6-4-16(3)5-7-18)24(30)28-26-14-20-12-13-21(33-20)17-8-10-19(11-9-17)25(31)32/h4-15,22H,1-3H3,(H,27,29)(H,28,30)(H,31,32)/b26-14+. The first kappa shape index (κ1) is 23.5. The lowest BCUT2D eigenvalue weighted by atomic mass is 10.0. The van der Waals surface area contributed by atoms with E-state index in [9.17, 15) is 14.4 Å². The third-order valence-electron chi connectivity index (χ3n) is 4.96. The summed E-state index contributed by atoms with van der Waals surface area (Å²) in [5.41, 5.74) is 4.85. The number of carboxylic acids is 1. The molecule has 8 nitrogen and oxygen atoms in total. The first-order valence-corrected chi connectivity index (χ1v) is 10.4. The Morgan fingerprint density at radius 2 is 1.58 bits per heavy atom. The summed E-state index contributed by atoms with van der Waals surface area (Å²) in [6.07, 6.45) is 1.35. The second kappa shape index (κ2) is 10.4. The molecule has 0 spiro atoms. The average Bonchev–Trinajstić information content (AvgIpc) is 3.26. The summed E-state index contributed by atoms with van der Waals surface area (Å²) in [7, 11) is 0. The lowest BCUT2D eigenvalue weighted by Crippen LogP contribution is -2.48. The highest BCUT2D eigenvalue weighted by atomic mass is 16.4. The second-order valence-corrected chi connectivity index (χ2v) is 7.88. The van der Waals surface area contributed by atoms with E-state index in [1.165, 1.54) is 18.3 Å². The molecule has 170 valence electrons. The van der Waals surface area contributed by atoms with Crippen LogP contribution in [0.3, 0.4) is 0 Å². The normalized spacial score (nSPS) is 12.0. The molecule has 1 unspecified atom stereocenters. The number of carbonyl (C=O) groups excluding carboxylic acids is 2. The Bertz CT molecular complexity index is 1160. The number of hydrogen-bond donors (Lipinski definition) is 3. The monoisotopic (exact) mass is 447 g/mol. The SMILES string of the molecule is Cc1ccc(C(=O)NC(C(=O)N/N=C/c2ccc(-c3ccc(C(=O)O)cc3)o2)C(C)C)cc1. The summed E-state index contributed by atoms with van der Waals surface area (Å²) in [5, 5.41) is 15.7. The number of carbonyl (C=O) groups is 3. The maximum absolute atomic E-state index is 12.6. The third-order valence-corrected chi connectivity index (χ3v) is 4.96. The van der Waals surface area contributed by atoms with Crippen molar-refractivity contribution in [1.29, 1.82) is 0 Å². The number of hydrazone groups is 1. The topological polar surface area (TPSA) is 121 Å². The second-order valence-electron chi connectivity index (χ2n) is 7.88. The molecule has 0 saturated heterocycles. The molecule has 0 radical (unpaired) electrons. The van der Waals surface area contributed by atoms with Gasteiger partial charge in [-0.2, -0.15) is 5.10 Å². The van der Waals surface area contributed by atoms with Crippen molar-refractivity contribution in [3.63, 3.8) is 0 Å². The molecule has 1 heterocycles. The third kappa shape index (κ3) is 6.16. The first-order valence-electron chi connectivity index (χ1n) is 10.4. The smallest absolute Gasteiger partial charge is 0.335 e. The van der Waals surface area contributed by atoms with Crippen LogP contribution in [0.4, 0.5) is 0 Å². The Labute approximate surface area is 191 Å². The molecule has 3 N–H and O–H groups in total. The van der Waals surface area contributed by atoms with Gasteiger partial charge in [-0.15, -0.1) is 0 Å². The van der Waals surface area contributed by atoms with Gasteiger partial charge in [0.15, 0.2) is 0 Å². The van der Waals surface area contributed by atoms with Gasteiger partial charge in [0.1, 0.15) is 17.6 Å². The Morgan fingerprint density at radius 3 is 2.18 bits per heavy atom. The van der Waals surface area contributed by atoms with Crippen LogP contribution >= 0.6 is 0 Å². The summed E-state index contributed by atoms with van der Waals surface area (Å²) in [6, 6.07) is 16.0. The number of nitrogens with one attached hydrogen (secondary N) is 2. The van der Waals surface area contributed by atoms with Crippen LogP contribution in [0, 0.1) is 12.8 Å². The number of amides is 2. The molecule has 2 amide bonds. The number of furan rings is 1. The zero-order chi connectivity index (χ0) is 24.0. The Balaban J connectivity index is 1.61. The van der Waals surface area contributed by atoms with Crippen molar-refractivity contribution in [2.75, 3.05) is 0 Å². The summed E-state index contributed by atoms with van der Waals surface area (Å²) in [4.78, 5) is 36.0. The molecule has 3 aromatic rings. The molecule has 3 rings (SSSR count). The van der Waals surface area contributed by atoms with Gasteiger partial charge < -0.3 is 14.8 Å². The van der Waals surface area contributed by atoms with Crippen molar-refractivity contribution < 1.29 is 23.9 Å². The highest BCUT2D eigenvalue weighted by molar-refractivity contribution is 5.97. The van der Waals surface area contributed by atoms with Gasteiger partial charge in [-0.3, -0.25) is 9.59 Å². The highest BCUT2D eigenvalue weighted by Gasteiger charge is 2.24. The van der Waals surface area contributed by atoms with Gasteiger partial charge in [0.25, 0.3) is 11.8 Å². The predicted molar refractivity (Wildman–Crippen MR) is 124 cm³/mol. The van der Waals surface area contributed by atoms with Crippen molar-refractivity contribution >= 4 is 24.0 Å². The molecule has 0 fully saturated rings. The van der Waals surface area contributed by atoms with Crippen LogP contribution in [0.2, 0.25) is 0 Å². The highest BCUT2D eigenvalue weighted by Crippen LogP contribution is 2.22. The molecule has 33 heavy (non-hydrogen) atoms. The molecular weight excluding hydrogens is 422 g/mol. The lowest BCUT2D eigenvalue weighted by Gasteiger charge is -2.20. The van der Waals surface area contributed by atoms with Gasteiger partial charge in [-0.05, 0) is 49.2 Å². The molecule has 0 aliphatic heterocycles. The minimum Gasteiger partial charge on any atom is -0.478 e. The van der Waals surface area contributed by atoms with Crippen LogP contribution in [-0.2, 0) is 4.79 Å². The van der Waals surface area contributed by atoms with Crippen molar-refractivity contribution in [1.82, 2.24) is 10.7 Å². The van der Waals surface area contributed by atoms with Crippen LogP contribution in [0.1, 0.15) is 45.9 Å². The summed E-state index contributed by atoms with van der Waals surface area (Å²) in [5.74, 6) is -1.00. The zero-order valence-corrected chi connectivity index (χ0v) is 18.5. The van der Waals surface area contributed by atoms with Gasteiger partial charge in [0, 0.05) is 11.1 Å². The summed E-state index contributed by atoms with van der Waals surface area (Å²) >= 11 is 0. The first-order chi connectivity index (χ1) is 15.7. The van der Waals surface area contributed by atoms with E-state index in [1.54, 1.807) is 36.4 Å². The molecule has 0 aliphatic rings. The van der Waals surface area contributed by atoms with Crippen LogP contribution in [-0.4, -0.2) is 35.1 Å². The quantitative estimate of drug-likeness (QED) is 0.358. The summed E-state index contributed by atoms with van der Waals surface area (Å²) < 4.78 is 5.67. The molecule has 0 aliphatic carbocycles. The van der Waals surface area contributed by atoms with E-state index >= 15 is 0 Å². The Hall–Kier alpha value is -4.20. The van der Waals surface area contributed by atoms with Crippen LogP contribution in [0.25, 0.3) is 11.3 Å². The van der Waals surface area contributed by atoms with Gasteiger partial charge in [-0.1, -0.05) is 43.7 Å². The summed E-state index contributed by atoms with van der Waals surface area (Å²) in [6.45, 7) is 5.59. The number of carboxylic acid groups (broad SMARTS) is 1. The van der Waals surface area contributed by atoms with E-state index < -0.39 is 17.9 Å². The zero-order valence-electron chi connectivity index (χ0n) is 18.5. The number of rotatable bonds is 8. The number of aromatic carboxylic acids is 1. The van der Waals surface area contributed by atoms with E-state index in [0.717, 1.165) is 5.56 Å². The molecule has 1 atom stereocenters. The van der Waals surface area contributed by atoms with Gasteiger partial charge in [0.05, 0.1) is 11.8 Å². The van der Waals surface area contributed by atoms with Gasteiger partial charge in [-0.25, -0.2) is 10.2 Å². The molecule has 2 aromatic carbocycles. The van der Waals surface area contributed by atoms with Crippen LogP contribution < -0.4 is 10.7 Å². The van der Waals surface area contributed by atoms with Crippen LogP contribution in [0.15, 0.2) is 70.2 Å². The van der Waals surface area contributed by atoms with E-state index in [4.69, 9.17) is 9.52 Å². The van der Waals surface area contributed by atoms with E-state index in [2.05, 4.69) is 15.8 Å². The fraction of sp³-hybridized carbons (Fsp3) is 0.200. The lowest BCUT2D eigenvalue weighted by molar-refractivity contribution is -0.123. The minimum atomic E-state index is -1.00. The fourth-order valence-corrected chi connectivity index (χ4v) is 3.05. The largest absolute Gasteiger partial charge is 0.478 e. The van der Waals surface area contributed by atoms with Gasteiger partial charge >= 0.3 is 5.97 Å². The number of nitrogens with zero attached hydrogens (tertiary/aromatic N) is 1. The maximum Gasteiger partial charge on any atom is 0.335 e. The average molecular weight is 447 g/mol. The Morgan fingerprint density at radius 1 is 0.939 bits per heavy atom. The van der Waals surface area contributed by atoms with Crippen molar-refractivity contribution in [3.05, 3.63) is 83.1 Å². The number of aryl methyl sites for hydroxylation is 1. The Kier molecular flexibility index (Phi) is 7.40. The molecular formula is C25H25N3O5. The van der Waals surface area contributed by atoms with E-state index in [1.807, 2.05) is 32.9 Å². The molecule has 8 heteroatoms. The minimum absolute atomic E-state index is 0.154. The predicted octanol–water partition coefficient (Wildman–Crippen LogP) is 3.86. The van der Waals surface area contributed by atoms with Crippen molar-refractivity contribution in [3.8, 4) is 11.3 Å².